The predicted octanol–water partition coefficient (Wildman–Crippen LogP) is 3.72. The summed E-state index contributed by atoms with van der Waals surface area (Å²) >= 11 is 0. The minimum Gasteiger partial charge on any atom is -0.494 e. The van der Waals surface area contributed by atoms with Crippen LogP contribution in [-0.2, 0) is 11.2 Å². The molecule has 5 rings (SSSR count). The fourth-order valence-corrected chi connectivity index (χ4v) is 5.22. The Kier molecular flexibility index (Phi) is 6.83. The average Bonchev–Trinajstić information content (AvgIpc) is 3.59. The number of halogens is 1. The SMILES string of the molecule is COc1cnc(N2CCC(C3CC3CCOc3ccc(CC(=O)N4CCC4)c(F)c3)CC2)nc1. The number of nitrogens with zero attached hydrogens (tertiary/aromatic N) is 4. The van der Waals surface area contributed by atoms with Gasteiger partial charge in [-0.2, -0.15) is 0 Å². The maximum atomic E-state index is 14.4. The smallest absolute Gasteiger partial charge is 0.227 e. The van der Waals surface area contributed by atoms with Gasteiger partial charge in [-0.1, -0.05) is 6.07 Å². The van der Waals surface area contributed by atoms with Gasteiger partial charge in [-0.15, -0.1) is 0 Å². The minimum atomic E-state index is -0.358. The molecule has 1 amide bonds. The van der Waals surface area contributed by atoms with Crippen molar-refractivity contribution in [3.8, 4) is 11.5 Å². The first-order valence-corrected chi connectivity index (χ1v) is 12.4. The molecule has 1 saturated carbocycles. The summed E-state index contributed by atoms with van der Waals surface area (Å²) in [5.74, 6) is 3.87. The van der Waals surface area contributed by atoms with Gasteiger partial charge in [0, 0.05) is 32.2 Å². The Balaban J connectivity index is 1.02. The maximum Gasteiger partial charge on any atom is 0.227 e. The van der Waals surface area contributed by atoms with Crippen molar-refractivity contribution in [2.75, 3.05) is 44.8 Å². The summed E-state index contributed by atoms with van der Waals surface area (Å²) < 4.78 is 25.4. The fourth-order valence-electron chi connectivity index (χ4n) is 5.22. The highest BCUT2D eigenvalue weighted by atomic mass is 19.1. The van der Waals surface area contributed by atoms with Gasteiger partial charge in [0.15, 0.2) is 5.75 Å². The van der Waals surface area contributed by atoms with Crippen LogP contribution in [0.5, 0.6) is 11.5 Å². The van der Waals surface area contributed by atoms with E-state index >= 15 is 0 Å². The van der Waals surface area contributed by atoms with E-state index in [2.05, 4.69) is 14.9 Å². The summed E-state index contributed by atoms with van der Waals surface area (Å²) in [7, 11) is 1.62. The first-order valence-electron chi connectivity index (χ1n) is 12.4. The highest BCUT2D eigenvalue weighted by Crippen LogP contribution is 2.49. The van der Waals surface area contributed by atoms with Gasteiger partial charge < -0.3 is 19.3 Å². The molecule has 0 N–H and O–H groups in total. The lowest BCUT2D eigenvalue weighted by atomic mass is 9.90. The molecule has 34 heavy (non-hydrogen) atoms. The summed E-state index contributed by atoms with van der Waals surface area (Å²) in [6.45, 7) is 4.16. The quantitative estimate of drug-likeness (QED) is 0.559. The Morgan fingerprint density at radius 3 is 2.53 bits per heavy atom. The van der Waals surface area contributed by atoms with Crippen LogP contribution < -0.4 is 14.4 Å². The first kappa shape index (κ1) is 22.9. The number of rotatable bonds is 9. The van der Waals surface area contributed by atoms with Gasteiger partial charge in [0.25, 0.3) is 0 Å². The molecule has 2 aromatic rings. The number of amides is 1. The molecule has 2 saturated heterocycles. The van der Waals surface area contributed by atoms with Gasteiger partial charge in [0.05, 0.1) is 32.5 Å². The number of ether oxygens (including phenoxy) is 2. The zero-order valence-electron chi connectivity index (χ0n) is 19.8. The lowest BCUT2D eigenvalue weighted by Crippen LogP contribution is -2.42. The van der Waals surface area contributed by atoms with Crippen molar-refractivity contribution >= 4 is 11.9 Å². The van der Waals surface area contributed by atoms with Gasteiger partial charge in [0.2, 0.25) is 11.9 Å². The van der Waals surface area contributed by atoms with Crippen molar-refractivity contribution < 1.29 is 18.7 Å². The number of carbonyl (C=O) groups excluding carboxylic acids is 1. The molecule has 2 aliphatic heterocycles. The highest BCUT2D eigenvalue weighted by molar-refractivity contribution is 5.79. The molecular weight excluding hydrogens is 435 g/mol. The molecular formula is C26H33FN4O3. The van der Waals surface area contributed by atoms with Crippen LogP contribution in [0.1, 0.15) is 37.7 Å². The van der Waals surface area contributed by atoms with Gasteiger partial charge in [-0.05, 0) is 61.5 Å². The molecule has 1 aromatic carbocycles. The van der Waals surface area contributed by atoms with Crippen molar-refractivity contribution in [3.05, 3.63) is 42.0 Å². The van der Waals surface area contributed by atoms with Crippen LogP contribution in [0.15, 0.2) is 30.6 Å². The molecule has 8 heteroatoms. The van der Waals surface area contributed by atoms with Crippen LogP contribution in [0.4, 0.5) is 10.3 Å². The standard InChI is InChI=1S/C26H33FN4O3/c1-33-22-16-28-26(29-17-22)31-10-5-18(6-11-31)23-13-19(23)7-12-34-21-4-3-20(24(27)15-21)14-25(32)30-8-2-9-30/h3-4,15-19,23H,2,5-14H2,1H3. The van der Waals surface area contributed by atoms with Crippen molar-refractivity contribution in [1.82, 2.24) is 14.9 Å². The molecule has 1 aliphatic carbocycles. The van der Waals surface area contributed by atoms with Crippen LogP contribution in [0, 0.1) is 23.6 Å². The van der Waals surface area contributed by atoms with Gasteiger partial charge >= 0.3 is 0 Å². The Labute approximate surface area is 200 Å². The maximum absolute atomic E-state index is 14.4. The third-order valence-corrected chi connectivity index (χ3v) is 7.59. The van der Waals surface area contributed by atoms with Crippen LogP contribution >= 0.6 is 0 Å². The predicted molar refractivity (Wildman–Crippen MR) is 127 cm³/mol. The second kappa shape index (κ2) is 10.2. The second-order valence-electron chi connectivity index (χ2n) is 9.71. The van der Waals surface area contributed by atoms with E-state index in [-0.39, 0.29) is 18.1 Å². The molecule has 3 heterocycles. The zero-order valence-corrected chi connectivity index (χ0v) is 19.8. The lowest BCUT2D eigenvalue weighted by Gasteiger charge is -2.32. The highest BCUT2D eigenvalue weighted by Gasteiger charge is 2.43. The van der Waals surface area contributed by atoms with E-state index in [0.717, 1.165) is 56.8 Å². The van der Waals surface area contributed by atoms with Crippen molar-refractivity contribution in [2.24, 2.45) is 17.8 Å². The fraction of sp³-hybridized carbons (Fsp3) is 0.577. The molecule has 2 atom stereocenters. The van der Waals surface area contributed by atoms with Crippen LogP contribution in [0.2, 0.25) is 0 Å². The van der Waals surface area contributed by atoms with Crippen LogP contribution in [-0.4, -0.2) is 60.7 Å². The molecule has 182 valence electrons. The number of hydrogen-bond donors (Lipinski definition) is 0. The number of methoxy groups -OCH3 is 1. The van der Waals surface area contributed by atoms with Crippen LogP contribution in [0.25, 0.3) is 0 Å². The minimum absolute atomic E-state index is 0.000882. The summed E-state index contributed by atoms with van der Waals surface area (Å²) in [5.41, 5.74) is 0.442. The van der Waals surface area contributed by atoms with E-state index in [1.807, 2.05) is 0 Å². The van der Waals surface area contributed by atoms with E-state index in [0.29, 0.717) is 29.6 Å². The molecule has 0 radical (unpaired) electrons. The number of aromatic nitrogens is 2. The van der Waals surface area contributed by atoms with E-state index < -0.39 is 0 Å². The second-order valence-corrected chi connectivity index (χ2v) is 9.71. The van der Waals surface area contributed by atoms with Crippen molar-refractivity contribution in [1.29, 1.82) is 0 Å². The number of benzene rings is 1. The Hall–Kier alpha value is -2.90. The molecule has 1 aromatic heterocycles. The molecule has 0 bridgehead atoms. The van der Waals surface area contributed by atoms with Crippen molar-refractivity contribution in [3.63, 3.8) is 0 Å². The monoisotopic (exact) mass is 468 g/mol. The summed E-state index contributed by atoms with van der Waals surface area (Å²) in [4.78, 5) is 24.9. The lowest BCUT2D eigenvalue weighted by molar-refractivity contribution is -0.133. The number of hydrogen-bond acceptors (Lipinski definition) is 6. The van der Waals surface area contributed by atoms with Crippen molar-refractivity contribution in [2.45, 2.75) is 38.5 Å². The zero-order chi connectivity index (χ0) is 23.5. The molecule has 3 aliphatic rings. The molecule has 2 unspecified atom stereocenters. The summed E-state index contributed by atoms with van der Waals surface area (Å²) in [6, 6.07) is 4.88. The van der Waals surface area contributed by atoms with Gasteiger partial charge in [0.1, 0.15) is 11.6 Å². The normalized spacial score (nSPS) is 22.3. The topological polar surface area (TPSA) is 67.8 Å². The Morgan fingerprint density at radius 1 is 1.12 bits per heavy atom. The summed E-state index contributed by atoms with van der Waals surface area (Å²) in [6.07, 6.45) is 9.21. The Bertz CT molecular complexity index is 990. The number of carbonyl (C=O) groups is 1. The number of anilines is 1. The average molecular weight is 469 g/mol. The Morgan fingerprint density at radius 2 is 1.88 bits per heavy atom. The van der Waals surface area contributed by atoms with Crippen LogP contribution in [0.3, 0.4) is 0 Å². The molecule has 0 spiro atoms. The molecule has 3 fully saturated rings. The van der Waals surface area contributed by atoms with E-state index in [1.165, 1.54) is 25.3 Å². The van der Waals surface area contributed by atoms with E-state index in [9.17, 15) is 9.18 Å². The number of likely N-dealkylation sites (tertiary alicyclic amines) is 1. The summed E-state index contributed by atoms with van der Waals surface area (Å²) in [5, 5.41) is 0. The molecule has 7 nitrogen and oxygen atoms in total. The number of piperidine rings is 1. The van der Waals surface area contributed by atoms with Gasteiger partial charge in [-0.3, -0.25) is 4.79 Å². The van der Waals surface area contributed by atoms with E-state index in [4.69, 9.17) is 9.47 Å². The van der Waals surface area contributed by atoms with Gasteiger partial charge in [-0.25, -0.2) is 14.4 Å². The third kappa shape index (κ3) is 5.26. The third-order valence-electron chi connectivity index (χ3n) is 7.59. The van der Waals surface area contributed by atoms with E-state index in [1.54, 1.807) is 36.5 Å². The first-order chi connectivity index (χ1) is 16.6. The largest absolute Gasteiger partial charge is 0.494 e.